The van der Waals surface area contributed by atoms with Gasteiger partial charge in [-0.05, 0) is 56.5 Å². The van der Waals surface area contributed by atoms with Crippen LogP contribution in [0, 0.1) is 0 Å². The van der Waals surface area contributed by atoms with E-state index in [0.29, 0.717) is 0 Å². The molecule has 5 rings (SSSR count). The normalized spacial score (nSPS) is 19.1. The summed E-state index contributed by atoms with van der Waals surface area (Å²) in [6.45, 7) is 8.79. The van der Waals surface area contributed by atoms with Gasteiger partial charge in [0, 0.05) is 0 Å². The first-order chi connectivity index (χ1) is 21.0. The van der Waals surface area contributed by atoms with E-state index in [1.165, 1.54) is 0 Å². The lowest BCUT2D eigenvalue weighted by Gasteiger charge is -2.42. The van der Waals surface area contributed by atoms with Crippen LogP contribution in [0.2, 0.25) is 10.1 Å². The van der Waals surface area contributed by atoms with Crippen molar-refractivity contribution in [2.75, 3.05) is 6.61 Å². The summed E-state index contributed by atoms with van der Waals surface area (Å²) < 4.78 is 6.28. The largest absolute Gasteiger partial charge is 0.424 e. The molecular formula is C38H48O4Si2. The lowest BCUT2D eigenvalue weighted by molar-refractivity contribution is 0.223. The minimum Gasteiger partial charge on any atom is -0.424 e. The van der Waals surface area contributed by atoms with Gasteiger partial charge in [0.05, 0.1) is 12.2 Å². The third-order valence-corrected chi connectivity index (χ3v) is 19.5. The predicted molar refractivity (Wildman–Crippen MR) is 186 cm³/mol. The Bertz CT molecular complexity index is 1400. The number of epoxide rings is 1. The molecule has 1 heterocycles. The highest BCUT2D eigenvalue weighted by Crippen LogP contribution is 2.51. The maximum Gasteiger partial charge on any atom is 0.258 e. The van der Waals surface area contributed by atoms with Gasteiger partial charge in [0.1, 0.15) is 6.10 Å². The van der Waals surface area contributed by atoms with E-state index in [4.69, 9.17) is 4.74 Å². The Kier molecular flexibility index (Phi) is 9.52. The zero-order valence-electron chi connectivity index (χ0n) is 26.6. The number of rotatable bonds is 14. The molecule has 0 amide bonds. The van der Waals surface area contributed by atoms with Gasteiger partial charge in [-0.3, -0.25) is 0 Å². The zero-order valence-corrected chi connectivity index (χ0v) is 28.6. The molecule has 0 aliphatic carbocycles. The highest BCUT2D eigenvalue weighted by atomic mass is 28.4. The van der Waals surface area contributed by atoms with Crippen molar-refractivity contribution in [1.29, 1.82) is 0 Å². The molecule has 1 aliphatic heterocycles. The summed E-state index contributed by atoms with van der Waals surface area (Å²) in [4.78, 5) is 25.2. The maximum atomic E-state index is 12.6. The summed E-state index contributed by atoms with van der Waals surface area (Å²) in [5.41, 5.74) is -0.413. The van der Waals surface area contributed by atoms with Gasteiger partial charge >= 0.3 is 0 Å². The van der Waals surface area contributed by atoms with Crippen molar-refractivity contribution in [3.63, 3.8) is 0 Å². The van der Waals surface area contributed by atoms with Crippen molar-refractivity contribution < 1.29 is 19.4 Å². The van der Waals surface area contributed by atoms with Gasteiger partial charge in [-0.25, -0.2) is 0 Å². The van der Waals surface area contributed by atoms with Crippen LogP contribution in [0.4, 0.5) is 0 Å². The molecule has 1 fully saturated rings. The number of benzene rings is 4. The molecule has 4 aromatic carbocycles. The average Bonchev–Trinajstić information content (AvgIpc) is 3.77. The van der Waals surface area contributed by atoms with Crippen LogP contribution in [0.15, 0.2) is 121 Å². The van der Waals surface area contributed by atoms with Crippen LogP contribution in [-0.2, 0) is 4.74 Å². The van der Waals surface area contributed by atoms with Crippen molar-refractivity contribution in [1.82, 2.24) is 0 Å². The van der Waals surface area contributed by atoms with Crippen molar-refractivity contribution in [3.8, 4) is 0 Å². The van der Waals surface area contributed by atoms with Crippen molar-refractivity contribution in [2.24, 2.45) is 0 Å². The Labute approximate surface area is 265 Å². The molecule has 0 bridgehead atoms. The average molecular weight is 625 g/mol. The molecule has 0 unspecified atom stereocenters. The molecule has 1 aliphatic rings. The van der Waals surface area contributed by atoms with Gasteiger partial charge in [0.15, 0.2) is 0 Å². The van der Waals surface area contributed by atoms with E-state index in [-0.39, 0.29) is 22.8 Å². The Morgan fingerprint density at radius 1 is 0.568 bits per heavy atom. The third kappa shape index (κ3) is 6.04. The molecule has 1 saturated heterocycles. The van der Waals surface area contributed by atoms with E-state index in [2.05, 4.69) is 76.2 Å². The van der Waals surface area contributed by atoms with Crippen LogP contribution in [-0.4, -0.2) is 49.6 Å². The van der Waals surface area contributed by atoms with Crippen molar-refractivity contribution in [3.05, 3.63) is 121 Å². The maximum absolute atomic E-state index is 12.6. The second kappa shape index (κ2) is 12.9. The summed E-state index contributed by atoms with van der Waals surface area (Å²) >= 11 is 0. The Morgan fingerprint density at radius 3 is 1.23 bits per heavy atom. The molecule has 4 nitrogen and oxygen atoms in total. The number of ether oxygens (including phenoxy) is 1. The fraction of sp³-hybridized carbons (Fsp3) is 0.368. The van der Waals surface area contributed by atoms with Crippen LogP contribution in [0.1, 0.15) is 59.8 Å². The molecule has 0 aromatic heterocycles. The third-order valence-electron chi connectivity index (χ3n) is 10.4. The lowest BCUT2D eigenvalue weighted by atomic mass is 9.88. The van der Waals surface area contributed by atoms with E-state index in [1.54, 1.807) is 0 Å². The first-order valence-electron chi connectivity index (χ1n) is 16.0. The van der Waals surface area contributed by atoms with Crippen LogP contribution in [0.5, 0.6) is 0 Å². The van der Waals surface area contributed by atoms with Gasteiger partial charge in [-0.15, -0.1) is 0 Å². The first kappa shape index (κ1) is 32.5. The van der Waals surface area contributed by atoms with E-state index in [0.717, 1.165) is 52.9 Å². The fourth-order valence-electron chi connectivity index (χ4n) is 7.35. The highest BCUT2D eigenvalue weighted by Gasteiger charge is 2.58. The van der Waals surface area contributed by atoms with Crippen LogP contribution in [0.25, 0.3) is 0 Å². The highest BCUT2D eigenvalue weighted by molar-refractivity contribution is 6.99. The number of aliphatic hydroxyl groups is 1. The van der Waals surface area contributed by atoms with E-state index in [1.807, 2.05) is 72.8 Å². The second-order valence-electron chi connectivity index (χ2n) is 13.9. The Hall–Kier alpha value is -2.85. The van der Waals surface area contributed by atoms with E-state index >= 15 is 0 Å². The molecular weight excluding hydrogens is 577 g/mol. The smallest absolute Gasteiger partial charge is 0.258 e. The molecule has 44 heavy (non-hydrogen) atoms. The van der Waals surface area contributed by atoms with Gasteiger partial charge in [0.2, 0.25) is 0 Å². The Balaban J connectivity index is 1.35. The number of hydrogen-bond donors (Lipinski definition) is 3. The Morgan fingerprint density at radius 2 is 0.909 bits per heavy atom. The summed E-state index contributed by atoms with van der Waals surface area (Å²) in [5.74, 6) is 0. The first-order valence-corrected chi connectivity index (χ1v) is 19.9. The molecule has 6 heteroatoms. The molecule has 0 spiro atoms. The topological polar surface area (TPSA) is 73.2 Å². The van der Waals surface area contributed by atoms with E-state index in [9.17, 15) is 14.7 Å². The minimum atomic E-state index is -3.14. The van der Waals surface area contributed by atoms with Crippen molar-refractivity contribution in [2.45, 2.75) is 81.6 Å². The number of aliphatic hydroxyl groups excluding tert-OH is 1. The lowest BCUT2D eigenvalue weighted by Crippen LogP contribution is -2.65. The standard InChI is InChI=1S/C38H48O4Si2/c1-36(2,43(40,31-18-9-5-10-19-31)32-20-11-6-12-21-32)26-17-27-38(35(30-39)42-38)29-28-37(3,4)44(41,33-22-13-7-14-23-33)34-24-15-8-16-25-34/h5-16,18-25,35,39-41H,17,26-30H2,1-4H3/t35-,38+/m0/s1. The predicted octanol–water partition coefficient (Wildman–Crippen LogP) is 5.13. The zero-order chi connectivity index (χ0) is 31.5. The van der Waals surface area contributed by atoms with Gasteiger partial charge < -0.3 is 19.4 Å². The SMILES string of the molecule is CC(C)(CCC[C@]1(CCC(C)(C)[Si](O)(c2ccccc2)c2ccccc2)O[C@H]1CO)[Si](O)(c1ccccc1)c1ccccc1. The molecule has 232 valence electrons. The summed E-state index contributed by atoms with van der Waals surface area (Å²) in [6.07, 6.45) is 3.86. The van der Waals surface area contributed by atoms with Crippen LogP contribution < -0.4 is 20.7 Å². The monoisotopic (exact) mass is 624 g/mol. The summed E-state index contributed by atoms with van der Waals surface area (Å²) in [7, 11) is -6.24. The van der Waals surface area contributed by atoms with Crippen LogP contribution in [0.3, 0.4) is 0 Å². The summed E-state index contributed by atoms with van der Waals surface area (Å²) in [6, 6.07) is 40.6. The second-order valence-corrected chi connectivity index (χ2v) is 21.7. The fourth-order valence-corrected chi connectivity index (χ4v) is 14.9. The molecule has 4 aromatic rings. The molecule has 0 radical (unpaired) electrons. The van der Waals surface area contributed by atoms with Gasteiger partial charge in [0.25, 0.3) is 16.6 Å². The molecule has 3 N–H and O–H groups in total. The van der Waals surface area contributed by atoms with Gasteiger partial charge in [-0.1, -0.05) is 155 Å². The quantitative estimate of drug-likeness (QED) is 0.134. The van der Waals surface area contributed by atoms with Crippen molar-refractivity contribution >= 4 is 37.4 Å². The van der Waals surface area contributed by atoms with Crippen LogP contribution >= 0.6 is 0 Å². The van der Waals surface area contributed by atoms with Gasteiger partial charge in [-0.2, -0.15) is 0 Å². The minimum absolute atomic E-state index is 0.00436. The molecule has 0 saturated carbocycles. The molecule has 2 atom stereocenters. The van der Waals surface area contributed by atoms with E-state index < -0.39 is 22.2 Å². The summed E-state index contributed by atoms with van der Waals surface area (Å²) in [5, 5.41) is 13.5. The number of hydrogen-bond acceptors (Lipinski definition) is 4.